The number of aromatic carboxylic acids is 1. The number of nitrogens with zero attached hydrogens (tertiary/aromatic N) is 2. The van der Waals surface area contributed by atoms with Crippen LogP contribution >= 0.6 is 0 Å². The van der Waals surface area contributed by atoms with E-state index in [1.807, 2.05) is 24.3 Å². The maximum atomic E-state index is 10.9. The molecule has 3 rings (SSSR count). The van der Waals surface area contributed by atoms with Crippen molar-refractivity contribution in [3.8, 4) is 11.5 Å². The van der Waals surface area contributed by atoms with Crippen molar-refractivity contribution in [1.82, 2.24) is 9.97 Å². The molecular formula is C15H10N2O3. The third-order valence-electron chi connectivity index (χ3n) is 2.76. The van der Waals surface area contributed by atoms with Crippen molar-refractivity contribution in [1.29, 1.82) is 0 Å². The quantitative estimate of drug-likeness (QED) is 0.788. The van der Waals surface area contributed by atoms with Crippen molar-refractivity contribution in [3.63, 3.8) is 0 Å². The Morgan fingerprint density at radius 2 is 1.85 bits per heavy atom. The number of ether oxygens (including phenoxy) is 1. The van der Waals surface area contributed by atoms with Crippen molar-refractivity contribution < 1.29 is 14.6 Å². The van der Waals surface area contributed by atoms with Gasteiger partial charge in [0.15, 0.2) is 5.69 Å². The molecule has 0 fully saturated rings. The lowest BCUT2D eigenvalue weighted by molar-refractivity contribution is 0.0690. The number of carboxylic acids is 1. The number of carboxylic acid groups (broad SMARTS) is 1. The van der Waals surface area contributed by atoms with Gasteiger partial charge >= 0.3 is 5.97 Å². The van der Waals surface area contributed by atoms with Gasteiger partial charge in [-0.2, -0.15) is 0 Å². The molecule has 0 atom stereocenters. The zero-order chi connectivity index (χ0) is 13.9. The molecule has 3 aromatic rings. The second-order valence-electron chi connectivity index (χ2n) is 4.14. The van der Waals surface area contributed by atoms with E-state index in [0.29, 0.717) is 11.5 Å². The minimum atomic E-state index is -1.09. The van der Waals surface area contributed by atoms with E-state index in [-0.39, 0.29) is 5.69 Å². The van der Waals surface area contributed by atoms with Crippen LogP contribution in [-0.4, -0.2) is 21.0 Å². The molecule has 2 aromatic heterocycles. The summed E-state index contributed by atoms with van der Waals surface area (Å²) in [6.45, 7) is 0. The van der Waals surface area contributed by atoms with Crippen molar-refractivity contribution in [3.05, 3.63) is 60.6 Å². The Kier molecular flexibility index (Phi) is 3.01. The van der Waals surface area contributed by atoms with E-state index in [0.717, 1.165) is 10.9 Å². The zero-order valence-electron chi connectivity index (χ0n) is 10.4. The van der Waals surface area contributed by atoms with Crippen LogP contribution in [0.3, 0.4) is 0 Å². The molecule has 0 radical (unpaired) electrons. The Labute approximate surface area is 114 Å². The summed E-state index contributed by atoms with van der Waals surface area (Å²) < 4.78 is 5.63. The number of rotatable bonds is 3. The lowest BCUT2D eigenvalue weighted by Crippen LogP contribution is -1.99. The van der Waals surface area contributed by atoms with Crippen LogP contribution in [0.25, 0.3) is 10.9 Å². The molecule has 0 aliphatic rings. The van der Waals surface area contributed by atoms with Crippen molar-refractivity contribution in [2.24, 2.45) is 0 Å². The molecule has 0 bridgehead atoms. The Morgan fingerprint density at radius 3 is 2.70 bits per heavy atom. The van der Waals surface area contributed by atoms with Gasteiger partial charge in [0.25, 0.3) is 0 Å². The first-order valence-corrected chi connectivity index (χ1v) is 5.94. The van der Waals surface area contributed by atoms with Gasteiger partial charge in [-0.1, -0.05) is 6.07 Å². The summed E-state index contributed by atoms with van der Waals surface area (Å²) in [5.74, 6) is -0.0675. The molecule has 0 saturated carbocycles. The van der Waals surface area contributed by atoms with Crippen molar-refractivity contribution in [2.45, 2.75) is 0 Å². The topological polar surface area (TPSA) is 72.3 Å². The smallest absolute Gasteiger partial charge is 0.354 e. The number of carbonyl (C=O) groups is 1. The summed E-state index contributed by atoms with van der Waals surface area (Å²) >= 11 is 0. The monoisotopic (exact) mass is 266 g/mol. The molecule has 0 amide bonds. The number of fused-ring (bicyclic) bond motifs is 1. The van der Waals surface area contributed by atoms with Gasteiger partial charge < -0.3 is 9.84 Å². The second-order valence-corrected chi connectivity index (χ2v) is 4.14. The highest BCUT2D eigenvalue weighted by molar-refractivity contribution is 5.85. The lowest BCUT2D eigenvalue weighted by Gasteiger charge is -2.06. The highest BCUT2D eigenvalue weighted by Crippen LogP contribution is 2.24. The minimum absolute atomic E-state index is 0.0542. The van der Waals surface area contributed by atoms with Gasteiger partial charge in [0, 0.05) is 29.9 Å². The SMILES string of the molecule is O=C(O)c1cc(Oc2ccc3cccnc3c2)ccn1. The first-order chi connectivity index (χ1) is 9.72. The molecule has 20 heavy (non-hydrogen) atoms. The standard InChI is InChI=1S/C15H10N2O3/c18-15(19)14-9-12(5-7-17-14)20-11-4-3-10-2-1-6-16-13(10)8-11/h1-9H,(H,18,19). The van der Waals surface area contributed by atoms with Crippen LogP contribution in [-0.2, 0) is 0 Å². The summed E-state index contributed by atoms with van der Waals surface area (Å²) in [7, 11) is 0. The Morgan fingerprint density at radius 1 is 1.00 bits per heavy atom. The molecule has 0 aliphatic heterocycles. The average Bonchev–Trinajstić information content (AvgIpc) is 2.47. The average molecular weight is 266 g/mol. The molecule has 0 saturated heterocycles. The fraction of sp³-hybridized carbons (Fsp3) is 0. The fourth-order valence-corrected chi connectivity index (χ4v) is 1.84. The second kappa shape index (κ2) is 4.97. The van der Waals surface area contributed by atoms with E-state index in [1.165, 1.54) is 12.3 Å². The predicted octanol–water partition coefficient (Wildman–Crippen LogP) is 3.12. The zero-order valence-corrected chi connectivity index (χ0v) is 10.4. The van der Waals surface area contributed by atoms with Crippen LogP contribution in [0.5, 0.6) is 11.5 Å². The highest BCUT2D eigenvalue weighted by atomic mass is 16.5. The van der Waals surface area contributed by atoms with Crippen LogP contribution in [0, 0.1) is 0 Å². The molecular weight excluding hydrogens is 256 g/mol. The van der Waals surface area contributed by atoms with E-state index in [4.69, 9.17) is 9.84 Å². The van der Waals surface area contributed by atoms with Crippen LogP contribution in [0.1, 0.15) is 10.5 Å². The van der Waals surface area contributed by atoms with Gasteiger partial charge in [0.05, 0.1) is 5.52 Å². The molecule has 1 aromatic carbocycles. The van der Waals surface area contributed by atoms with Gasteiger partial charge in [0.1, 0.15) is 11.5 Å². The van der Waals surface area contributed by atoms with Gasteiger partial charge in [-0.05, 0) is 24.3 Å². The maximum Gasteiger partial charge on any atom is 0.354 e. The Bertz CT molecular complexity index is 787. The van der Waals surface area contributed by atoms with Gasteiger partial charge in [-0.15, -0.1) is 0 Å². The molecule has 0 unspecified atom stereocenters. The molecule has 0 spiro atoms. The van der Waals surface area contributed by atoms with E-state index in [9.17, 15) is 4.79 Å². The third-order valence-corrected chi connectivity index (χ3v) is 2.76. The summed E-state index contributed by atoms with van der Waals surface area (Å²) in [6, 6.07) is 12.3. The number of aromatic nitrogens is 2. The van der Waals surface area contributed by atoms with Crippen molar-refractivity contribution >= 4 is 16.9 Å². The van der Waals surface area contributed by atoms with E-state index in [1.54, 1.807) is 18.3 Å². The van der Waals surface area contributed by atoms with Crippen molar-refractivity contribution in [2.75, 3.05) is 0 Å². The Balaban J connectivity index is 1.92. The molecule has 0 aliphatic carbocycles. The maximum absolute atomic E-state index is 10.9. The molecule has 98 valence electrons. The fourth-order valence-electron chi connectivity index (χ4n) is 1.84. The lowest BCUT2D eigenvalue weighted by atomic mass is 10.2. The van der Waals surface area contributed by atoms with E-state index >= 15 is 0 Å². The summed E-state index contributed by atoms with van der Waals surface area (Å²) in [4.78, 5) is 18.8. The third kappa shape index (κ3) is 2.42. The summed E-state index contributed by atoms with van der Waals surface area (Å²) in [5, 5.41) is 9.90. The van der Waals surface area contributed by atoms with Crippen LogP contribution in [0.2, 0.25) is 0 Å². The largest absolute Gasteiger partial charge is 0.477 e. The normalized spacial score (nSPS) is 10.4. The van der Waals surface area contributed by atoms with Gasteiger partial charge in [-0.25, -0.2) is 9.78 Å². The Hall–Kier alpha value is -2.95. The first kappa shape index (κ1) is 12.1. The number of hydrogen-bond donors (Lipinski definition) is 1. The number of hydrogen-bond acceptors (Lipinski definition) is 4. The molecule has 5 nitrogen and oxygen atoms in total. The number of pyridine rings is 2. The molecule has 2 heterocycles. The van der Waals surface area contributed by atoms with Gasteiger partial charge in [-0.3, -0.25) is 4.98 Å². The molecule has 1 N–H and O–H groups in total. The van der Waals surface area contributed by atoms with Crippen LogP contribution < -0.4 is 4.74 Å². The van der Waals surface area contributed by atoms with Crippen LogP contribution in [0.4, 0.5) is 0 Å². The first-order valence-electron chi connectivity index (χ1n) is 5.94. The number of benzene rings is 1. The van der Waals surface area contributed by atoms with E-state index in [2.05, 4.69) is 9.97 Å². The molecule has 5 heteroatoms. The summed E-state index contributed by atoms with van der Waals surface area (Å²) in [6.07, 6.45) is 3.11. The van der Waals surface area contributed by atoms with Crippen LogP contribution in [0.15, 0.2) is 54.9 Å². The minimum Gasteiger partial charge on any atom is -0.477 e. The predicted molar refractivity (Wildman–Crippen MR) is 73.0 cm³/mol. The van der Waals surface area contributed by atoms with E-state index < -0.39 is 5.97 Å². The summed E-state index contributed by atoms with van der Waals surface area (Å²) in [5.41, 5.74) is 0.763. The highest BCUT2D eigenvalue weighted by Gasteiger charge is 2.06. The van der Waals surface area contributed by atoms with Gasteiger partial charge in [0.2, 0.25) is 0 Å².